The minimum absolute atomic E-state index is 0. The van der Waals surface area contributed by atoms with E-state index in [1.165, 1.54) is 0 Å². The van der Waals surface area contributed by atoms with E-state index in [9.17, 15) is 0 Å². The maximum absolute atomic E-state index is 5.99. The van der Waals surface area contributed by atoms with Gasteiger partial charge in [-0.3, -0.25) is 4.99 Å². The molecule has 0 spiro atoms. The summed E-state index contributed by atoms with van der Waals surface area (Å²) in [6.07, 6.45) is 4.67. The fraction of sp³-hybridized carbons (Fsp3) is 0.278. The monoisotopic (exact) mass is 500 g/mol. The second-order valence-electron chi connectivity index (χ2n) is 5.62. The zero-order valence-corrected chi connectivity index (χ0v) is 18.0. The number of guanidine groups is 1. The SMILES string of the molecule is CN=C(NCCc1nc(-c2cccc(Cl)c2)no1)NCCn1cccc1.I. The summed E-state index contributed by atoms with van der Waals surface area (Å²) in [6.45, 7) is 2.30. The molecular formula is C18H22ClIN6O. The van der Waals surface area contributed by atoms with Crippen molar-refractivity contribution < 1.29 is 4.52 Å². The fourth-order valence-electron chi connectivity index (χ4n) is 2.43. The lowest BCUT2D eigenvalue weighted by molar-refractivity contribution is 0.378. The Kier molecular flexibility index (Phi) is 8.59. The molecule has 0 atom stereocenters. The Bertz CT molecular complexity index is 849. The number of hydrogen-bond acceptors (Lipinski definition) is 4. The predicted molar refractivity (Wildman–Crippen MR) is 118 cm³/mol. The van der Waals surface area contributed by atoms with E-state index >= 15 is 0 Å². The number of aromatic nitrogens is 3. The van der Waals surface area contributed by atoms with Gasteiger partial charge in [0.2, 0.25) is 11.7 Å². The fourth-order valence-corrected chi connectivity index (χ4v) is 2.62. The summed E-state index contributed by atoms with van der Waals surface area (Å²) in [5.41, 5.74) is 0.836. The second-order valence-corrected chi connectivity index (χ2v) is 6.06. The molecule has 0 saturated heterocycles. The Hall–Kier alpha value is -2.07. The van der Waals surface area contributed by atoms with Gasteiger partial charge in [-0.2, -0.15) is 4.98 Å². The Balaban J connectivity index is 0.00000261. The van der Waals surface area contributed by atoms with E-state index in [-0.39, 0.29) is 24.0 Å². The molecule has 0 aliphatic rings. The Morgan fingerprint density at radius 2 is 1.96 bits per heavy atom. The number of aliphatic imine (C=N–C) groups is 1. The number of halogens is 2. The lowest BCUT2D eigenvalue weighted by Gasteiger charge is -2.11. The van der Waals surface area contributed by atoms with E-state index in [0.29, 0.717) is 29.7 Å². The highest BCUT2D eigenvalue weighted by molar-refractivity contribution is 14.0. The summed E-state index contributed by atoms with van der Waals surface area (Å²) < 4.78 is 7.40. The molecule has 0 fully saturated rings. The number of rotatable bonds is 7. The first-order chi connectivity index (χ1) is 12.7. The van der Waals surface area contributed by atoms with Crippen molar-refractivity contribution in [1.29, 1.82) is 0 Å². The lowest BCUT2D eigenvalue weighted by Crippen LogP contribution is -2.39. The maximum atomic E-state index is 5.99. The van der Waals surface area contributed by atoms with Crippen LogP contribution < -0.4 is 10.6 Å². The average molecular weight is 501 g/mol. The Morgan fingerprint density at radius 3 is 2.70 bits per heavy atom. The van der Waals surface area contributed by atoms with Crippen molar-refractivity contribution in [3.05, 3.63) is 59.7 Å². The topological polar surface area (TPSA) is 80.3 Å². The normalized spacial score (nSPS) is 11.1. The molecular weight excluding hydrogens is 479 g/mol. The van der Waals surface area contributed by atoms with Crippen molar-refractivity contribution >= 4 is 41.5 Å². The van der Waals surface area contributed by atoms with Crippen molar-refractivity contribution in [1.82, 2.24) is 25.3 Å². The van der Waals surface area contributed by atoms with E-state index in [0.717, 1.165) is 24.6 Å². The molecule has 144 valence electrons. The van der Waals surface area contributed by atoms with Crippen LogP contribution in [-0.4, -0.2) is 40.8 Å². The molecule has 7 nitrogen and oxygen atoms in total. The zero-order chi connectivity index (χ0) is 18.2. The number of hydrogen-bond donors (Lipinski definition) is 2. The van der Waals surface area contributed by atoms with Crippen LogP contribution in [0.5, 0.6) is 0 Å². The molecule has 0 radical (unpaired) electrons. The standard InChI is InChI=1S/C18H21ClN6O.HI/c1-20-18(22-9-12-25-10-2-3-11-25)21-8-7-16-23-17(24-26-16)14-5-4-6-15(19)13-14;/h2-6,10-11,13H,7-9,12H2,1H3,(H2,20,21,22);1H. The Labute approximate surface area is 180 Å². The highest BCUT2D eigenvalue weighted by Crippen LogP contribution is 2.19. The van der Waals surface area contributed by atoms with Gasteiger partial charge in [0.05, 0.1) is 0 Å². The maximum Gasteiger partial charge on any atom is 0.228 e. The first-order valence-corrected chi connectivity index (χ1v) is 8.76. The van der Waals surface area contributed by atoms with Crippen LogP contribution >= 0.6 is 35.6 Å². The molecule has 3 aromatic rings. The van der Waals surface area contributed by atoms with Gasteiger partial charge in [-0.1, -0.05) is 28.9 Å². The molecule has 2 N–H and O–H groups in total. The quantitative estimate of drug-likeness (QED) is 0.296. The molecule has 0 aliphatic carbocycles. The van der Waals surface area contributed by atoms with Gasteiger partial charge in [0.25, 0.3) is 0 Å². The third-order valence-corrected chi connectivity index (χ3v) is 3.97. The van der Waals surface area contributed by atoms with Crippen LogP contribution in [-0.2, 0) is 13.0 Å². The van der Waals surface area contributed by atoms with Crippen LogP contribution in [0.15, 0.2) is 58.3 Å². The van der Waals surface area contributed by atoms with Crippen LogP contribution in [0.4, 0.5) is 0 Å². The molecule has 0 aliphatic heterocycles. The van der Waals surface area contributed by atoms with Crippen molar-refractivity contribution in [2.24, 2.45) is 4.99 Å². The highest BCUT2D eigenvalue weighted by atomic mass is 127. The summed E-state index contributed by atoms with van der Waals surface area (Å²) in [4.78, 5) is 8.60. The van der Waals surface area contributed by atoms with Crippen molar-refractivity contribution in [2.45, 2.75) is 13.0 Å². The lowest BCUT2D eigenvalue weighted by atomic mass is 10.2. The molecule has 0 amide bonds. The first-order valence-electron chi connectivity index (χ1n) is 8.38. The summed E-state index contributed by atoms with van der Waals surface area (Å²) in [5, 5.41) is 11.2. The summed E-state index contributed by atoms with van der Waals surface area (Å²) >= 11 is 5.99. The van der Waals surface area contributed by atoms with Crippen LogP contribution in [0, 0.1) is 0 Å². The van der Waals surface area contributed by atoms with Gasteiger partial charge in [-0.15, -0.1) is 24.0 Å². The van der Waals surface area contributed by atoms with E-state index in [2.05, 4.69) is 30.3 Å². The smallest absolute Gasteiger partial charge is 0.228 e. The van der Waals surface area contributed by atoms with Crippen molar-refractivity contribution in [3.63, 3.8) is 0 Å². The third kappa shape index (κ3) is 6.55. The van der Waals surface area contributed by atoms with E-state index in [4.69, 9.17) is 16.1 Å². The Morgan fingerprint density at radius 1 is 1.19 bits per heavy atom. The van der Waals surface area contributed by atoms with Gasteiger partial charge < -0.3 is 19.7 Å². The average Bonchev–Trinajstić information content (AvgIpc) is 3.32. The molecule has 0 saturated carbocycles. The van der Waals surface area contributed by atoms with Crippen LogP contribution in [0.3, 0.4) is 0 Å². The van der Waals surface area contributed by atoms with Crippen molar-refractivity contribution in [3.8, 4) is 11.4 Å². The largest absolute Gasteiger partial charge is 0.356 e. The van der Waals surface area contributed by atoms with E-state index in [1.807, 2.05) is 48.8 Å². The highest BCUT2D eigenvalue weighted by Gasteiger charge is 2.09. The number of nitrogens with one attached hydrogen (secondary N) is 2. The summed E-state index contributed by atoms with van der Waals surface area (Å²) in [6, 6.07) is 11.4. The molecule has 2 heterocycles. The number of benzene rings is 1. The van der Waals surface area contributed by atoms with E-state index in [1.54, 1.807) is 7.05 Å². The van der Waals surface area contributed by atoms with Crippen molar-refractivity contribution in [2.75, 3.05) is 20.1 Å². The number of nitrogens with zero attached hydrogens (tertiary/aromatic N) is 4. The molecule has 3 rings (SSSR count). The molecule has 2 aromatic heterocycles. The predicted octanol–water partition coefficient (Wildman–Crippen LogP) is 3.22. The van der Waals surface area contributed by atoms with Gasteiger partial charge in [0.1, 0.15) is 0 Å². The van der Waals surface area contributed by atoms with Gasteiger partial charge in [-0.05, 0) is 24.3 Å². The minimum atomic E-state index is 0. The summed E-state index contributed by atoms with van der Waals surface area (Å²) in [7, 11) is 1.74. The van der Waals surface area contributed by atoms with Gasteiger partial charge >= 0.3 is 0 Å². The van der Waals surface area contributed by atoms with E-state index < -0.39 is 0 Å². The van der Waals surface area contributed by atoms with Crippen LogP contribution in [0.25, 0.3) is 11.4 Å². The van der Waals surface area contributed by atoms with Gasteiger partial charge in [0, 0.05) is 56.1 Å². The molecule has 0 bridgehead atoms. The minimum Gasteiger partial charge on any atom is -0.356 e. The van der Waals surface area contributed by atoms with Gasteiger partial charge in [0.15, 0.2) is 5.96 Å². The van der Waals surface area contributed by atoms with Gasteiger partial charge in [-0.25, -0.2) is 0 Å². The zero-order valence-electron chi connectivity index (χ0n) is 14.9. The summed E-state index contributed by atoms with van der Waals surface area (Å²) in [5.74, 6) is 1.85. The molecule has 27 heavy (non-hydrogen) atoms. The molecule has 9 heteroatoms. The van der Waals surface area contributed by atoms with Crippen LogP contribution in [0.1, 0.15) is 5.89 Å². The first kappa shape index (κ1) is 21.2. The molecule has 1 aromatic carbocycles. The second kappa shape index (κ2) is 10.9. The third-order valence-electron chi connectivity index (χ3n) is 3.73. The molecule has 0 unspecified atom stereocenters. The van der Waals surface area contributed by atoms with Crippen LogP contribution in [0.2, 0.25) is 5.02 Å².